The van der Waals surface area contributed by atoms with E-state index in [9.17, 15) is 14.7 Å². The van der Waals surface area contributed by atoms with Gasteiger partial charge < -0.3 is 20.0 Å². The molecule has 0 radical (unpaired) electrons. The van der Waals surface area contributed by atoms with Gasteiger partial charge in [-0.2, -0.15) is 0 Å². The highest BCUT2D eigenvalue weighted by molar-refractivity contribution is 5.74. The quantitative estimate of drug-likeness (QED) is 0.738. The van der Waals surface area contributed by atoms with E-state index in [1.165, 1.54) is 4.90 Å². The van der Waals surface area contributed by atoms with Crippen molar-refractivity contribution in [2.75, 3.05) is 46.3 Å². The van der Waals surface area contributed by atoms with Crippen LogP contribution in [-0.4, -0.2) is 88.8 Å². The Balaban J connectivity index is 2.37. The molecule has 1 rings (SSSR count). The van der Waals surface area contributed by atoms with E-state index in [1.807, 2.05) is 4.90 Å². The monoisotopic (exact) mass is 287 g/mol. The molecule has 1 fully saturated rings. The van der Waals surface area contributed by atoms with Gasteiger partial charge >= 0.3 is 12.0 Å². The number of carboxylic acids is 1. The number of rotatable bonds is 5. The van der Waals surface area contributed by atoms with Gasteiger partial charge in [0.15, 0.2) is 0 Å². The predicted molar refractivity (Wildman–Crippen MR) is 74.6 cm³/mol. The first-order valence-corrected chi connectivity index (χ1v) is 6.85. The number of hydrogen-bond donors (Lipinski definition) is 2. The summed E-state index contributed by atoms with van der Waals surface area (Å²) in [5.74, 6) is -0.798. The molecule has 2 N–H and O–H groups in total. The van der Waals surface area contributed by atoms with Gasteiger partial charge in [-0.05, 0) is 13.8 Å². The molecule has 1 aliphatic heterocycles. The summed E-state index contributed by atoms with van der Waals surface area (Å²) in [5, 5.41) is 18.4. The van der Waals surface area contributed by atoms with Gasteiger partial charge in [0.25, 0.3) is 0 Å². The minimum atomic E-state index is -0.909. The highest BCUT2D eigenvalue weighted by Gasteiger charge is 2.26. The van der Waals surface area contributed by atoms with Crippen molar-refractivity contribution >= 4 is 12.0 Å². The highest BCUT2D eigenvalue weighted by Crippen LogP contribution is 2.09. The molecule has 1 aliphatic rings. The van der Waals surface area contributed by atoms with Crippen molar-refractivity contribution in [2.24, 2.45) is 0 Å². The summed E-state index contributed by atoms with van der Waals surface area (Å²) in [4.78, 5) is 28.0. The summed E-state index contributed by atoms with van der Waals surface area (Å²) in [6, 6.07) is -0.0926. The lowest BCUT2D eigenvalue weighted by atomic mass is 10.1. The van der Waals surface area contributed by atoms with Crippen LogP contribution in [0, 0.1) is 0 Å². The van der Waals surface area contributed by atoms with Crippen molar-refractivity contribution in [3.8, 4) is 0 Å². The second-order valence-electron chi connectivity index (χ2n) is 5.92. The van der Waals surface area contributed by atoms with Crippen LogP contribution < -0.4 is 0 Å². The topological polar surface area (TPSA) is 84.3 Å². The maximum Gasteiger partial charge on any atom is 0.319 e. The Kier molecular flexibility index (Phi) is 5.76. The molecule has 0 spiro atoms. The average molecular weight is 287 g/mol. The Morgan fingerprint density at radius 3 is 2.20 bits per heavy atom. The van der Waals surface area contributed by atoms with E-state index in [0.29, 0.717) is 32.7 Å². The third kappa shape index (κ3) is 5.75. The zero-order valence-corrected chi connectivity index (χ0v) is 12.5. The van der Waals surface area contributed by atoms with Crippen LogP contribution in [0.3, 0.4) is 0 Å². The summed E-state index contributed by atoms with van der Waals surface area (Å²) in [6.45, 7) is 6.71. The van der Waals surface area contributed by atoms with Crippen molar-refractivity contribution in [1.82, 2.24) is 14.7 Å². The van der Waals surface area contributed by atoms with Crippen LogP contribution in [0.5, 0.6) is 0 Å². The predicted octanol–water partition coefficient (Wildman–Crippen LogP) is -0.0986. The molecule has 116 valence electrons. The van der Waals surface area contributed by atoms with Crippen LogP contribution in [0.25, 0.3) is 0 Å². The first kappa shape index (κ1) is 16.7. The SMILES string of the molecule is CN(CC(C)(C)O)C(=O)N1CCN(CCC(=O)O)CC1. The Morgan fingerprint density at radius 2 is 1.75 bits per heavy atom. The summed E-state index contributed by atoms with van der Waals surface area (Å²) in [7, 11) is 1.68. The lowest BCUT2D eigenvalue weighted by molar-refractivity contribution is -0.137. The molecular formula is C13H25N3O4. The molecule has 7 nitrogen and oxygen atoms in total. The number of carbonyl (C=O) groups excluding carboxylic acids is 1. The molecule has 0 aromatic heterocycles. The number of likely N-dealkylation sites (N-methyl/N-ethyl adjacent to an activating group) is 1. The molecule has 20 heavy (non-hydrogen) atoms. The second-order valence-corrected chi connectivity index (χ2v) is 5.92. The first-order valence-electron chi connectivity index (χ1n) is 6.85. The Bertz CT molecular complexity index is 346. The fourth-order valence-electron chi connectivity index (χ4n) is 2.31. The number of urea groups is 1. The van der Waals surface area contributed by atoms with Crippen LogP contribution in [0.2, 0.25) is 0 Å². The molecule has 0 unspecified atom stereocenters. The van der Waals surface area contributed by atoms with Gasteiger partial charge in [-0.3, -0.25) is 9.69 Å². The number of amides is 2. The van der Waals surface area contributed by atoms with Crippen molar-refractivity contribution < 1.29 is 19.8 Å². The molecule has 7 heteroatoms. The molecule has 1 heterocycles. The van der Waals surface area contributed by atoms with E-state index in [1.54, 1.807) is 25.8 Å². The zero-order valence-electron chi connectivity index (χ0n) is 12.5. The molecule has 0 bridgehead atoms. The molecule has 1 saturated heterocycles. The van der Waals surface area contributed by atoms with Crippen LogP contribution in [0.1, 0.15) is 20.3 Å². The lowest BCUT2D eigenvalue weighted by Crippen LogP contribution is -2.54. The fourth-order valence-corrected chi connectivity index (χ4v) is 2.31. The average Bonchev–Trinajstić information content (AvgIpc) is 2.34. The highest BCUT2D eigenvalue weighted by atomic mass is 16.4. The minimum absolute atomic E-state index is 0.0926. The minimum Gasteiger partial charge on any atom is -0.481 e. The maximum atomic E-state index is 12.2. The maximum absolute atomic E-state index is 12.2. The number of carbonyl (C=O) groups is 2. The smallest absolute Gasteiger partial charge is 0.319 e. The van der Waals surface area contributed by atoms with Crippen LogP contribution in [-0.2, 0) is 4.79 Å². The second kappa shape index (κ2) is 6.90. The summed E-state index contributed by atoms with van der Waals surface area (Å²) < 4.78 is 0. The van der Waals surface area contributed by atoms with Gasteiger partial charge in [0.05, 0.1) is 18.6 Å². The number of carboxylic acid groups (broad SMARTS) is 1. The molecule has 2 amide bonds. The largest absolute Gasteiger partial charge is 0.481 e. The van der Waals surface area contributed by atoms with E-state index < -0.39 is 11.6 Å². The van der Waals surface area contributed by atoms with E-state index in [-0.39, 0.29) is 19.0 Å². The molecule has 0 aromatic carbocycles. The fraction of sp³-hybridized carbons (Fsp3) is 0.846. The third-order valence-electron chi connectivity index (χ3n) is 3.24. The Morgan fingerprint density at radius 1 is 1.20 bits per heavy atom. The van der Waals surface area contributed by atoms with Crippen molar-refractivity contribution in [3.63, 3.8) is 0 Å². The van der Waals surface area contributed by atoms with Crippen molar-refractivity contribution in [3.05, 3.63) is 0 Å². The van der Waals surface area contributed by atoms with E-state index >= 15 is 0 Å². The number of nitrogens with zero attached hydrogens (tertiary/aromatic N) is 3. The summed E-state index contributed by atoms with van der Waals surface area (Å²) >= 11 is 0. The number of hydrogen-bond acceptors (Lipinski definition) is 4. The van der Waals surface area contributed by atoms with E-state index in [2.05, 4.69) is 0 Å². The molecule has 0 aliphatic carbocycles. The number of piperazine rings is 1. The molecule has 0 saturated carbocycles. The van der Waals surface area contributed by atoms with Crippen molar-refractivity contribution in [2.45, 2.75) is 25.9 Å². The van der Waals surface area contributed by atoms with Crippen LogP contribution in [0.15, 0.2) is 0 Å². The van der Waals surface area contributed by atoms with Crippen LogP contribution in [0.4, 0.5) is 4.79 Å². The molecule has 0 atom stereocenters. The first-order chi connectivity index (χ1) is 9.19. The van der Waals surface area contributed by atoms with Gasteiger partial charge in [0.1, 0.15) is 0 Å². The van der Waals surface area contributed by atoms with Crippen molar-refractivity contribution in [1.29, 1.82) is 0 Å². The lowest BCUT2D eigenvalue weighted by Gasteiger charge is -2.37. The number of aliphatic carboxylic acids is 1. The zero-order chi connectivity index (χ0) is 15.3. The van der Waals surface area contributed by atoms with Gasteiger partial charge in [-0.1, -0.05) is 0 Å². The van der Waals surface area contributed by atoms with Gasteiger partial charge in [-0.25, -0.2) is 4.79 Å². The van der Waals surface area contributed by atoms with Gasteiger partial charge in [-0.15, -0.1) is 0 Å². The summed E-state index contributed by atoms with van der Waals surface area (Å²) in [5.41, 5.74) is -0.909. The van der Waals surface area contributed by atoms with E-state index in [4.69, 9.17) is 5.11 Å². The Hall–Kier alpha value is -1.34. The van der Waals surface area contributed by atoms with Gasteiger partial charge in [0.2, 0.25) is 0 Å². The number of aliphatic hydroxyl groups is 1. The standard InChI is InChI=1S/C13H25N3O4/c1-13(2,20)10-14(3)12(19)16-8-6-15(7-9-16)5-4-11(17)18/h20H,4-10H2,1-3H3,(H,17,18). The molecular weight excluding hydrogens is 262 g/mol. The third-order valence-corrected chi connectivity index (χ3v) is 3.24. The summed E-state index contributed by atoms with van der Waals surface area (Å²) in [6.07, 6.45) is 0.131. The van der Waals surface area contributed by atoms with E-state index in [0.717, 1.165) is 0 Å². The normalized spacial score (nSPS) is 17.1. The van der Waals surface area contributed by atoms with Crippen LogP contribution >= 0.6 is 0 Å². The van der Waals surface area contributed by atoms with Gasteiger partial charge in [0, 0.05) is 39.8 Å². The molecule has 0 aromatic rings. The Labute approximate surface area is 119 Å².